The van der Waals surface area contributed by atoms with Crippen molar-refractivity contribution < 1.29 is 13.9 Å². The third-order valence-corrected chi connectivity index (χ3v) is 4.57. The minimum atomic E-state index is -0.490. The molecule has 0 aliphatic carbocycles. The van der Waals surface area contributed by atoms with E-state index in [1.54, 1.807) is 6.07 Å². The molecule has 1 fully saturated rings. The van der Waals surface area contributed by atoms with E-state index in [9.17, 15) is 4.79 Å². The average Bonchev–Trinajstić information content (AvgIpc) is 3.00. The van der Waals surface area contributed by atoms with Crippen LogP contribution in [0, 0.1) is 0 Å². The van der Waals surface area contributed by atoms with Gasteiger partial charge in [0.2, 0.25) is 0 Å². The molecule has 4 rings (SSSR count). The summed E-state index contributed by atoms with van der Waals surface area (Å²) in [6.07, 6.45) is 1.65. The summed E-state index contributed by atoms with van der Waals surface area (Å²) in [4.78, 5) is 12.2. The number of aromatic nitrogens is 2. The Morgan fingerprint density at radius 1 is 1.24 bits per heavy atom. The number of nitrogens with one attached hydrogen (secondary N) is 1. The Balaban J connectivity index is 0.00000182. The van der Waals surface area contributed by atoms with Gasteiger partial charge in [-0.05, 0) is 32.0 Å². The Kier molecular flexibility index (Phi) is 5.26. The summed E-state index contributed by atoms with van der Waals surface area (Å²) in [5, 5.41) is 7.91. The summed E-state index contributed by atoms with van der Waals surface area (Å²) in [7, 11) is 0. The first-order valence-corrected chi connectivity index (χ1v) is 8.21. The molecule has 3 heterocycles. The number of nitrogen functional groups attached to an aromatic ring is 1. The van der Waals surface area contributed by atoms with E-state index in [1.165, 1.54) is 4.68 Å². The number of ether oxygens (including phenoxy) is 2. The lowest BCUT2D eigenvalue weighted by Crippen LogP contribution is -2.33. The molecule has 0 unspecified atom stereocenters. The number of halogens is 2. The minimum Gasteiger partial charge on any atom is -0.485 e. The van der Waals surface area contributed by atoms with E-state index in [0.717, 1.165) is 25.9 Å². The highest BCUT2D eigenvalue weighted by atomic mass is 79.9. The summed E-state index contributed by atoms with van der Waals surface area (Å²) >= 11 is 6.17. The fourth-order valence-electron chi connectivity index (χ4n) is 3.04. The maximum absolute atomic E-state index is 12.2. The van der Waals surface area contributed by atoms with Crippen molar-refractivity contribution in [1.29, 1.82) is 0 Å². The van der Waals surface area contributed by atoms with E-state index in [0.29, 0.717) is 41.0 Å². The molecule has 0 saturated carbocycles. The van der Waals surface area contributed by atoms with Crippen LogP contribution in [0.5, 0.6) is 11.5 Å². The quantitative estimate of drug-likeness (QED) is 0.698. The van der Waals surface area contributed by atoms with Crippen molar-refractivity contribution in [2.24, 2.45) is 0 Å². The fraction of sp³-hybridized carbons (Fsp3) is 0.467. The Labute approximate surface area is 159 Å². The highest BCUT2D eigenvalue weighted by molar-refractivity contribution is 8.93. The number of piperidine rings is 1. The molecule has 8 nitrogen and oxygen atoms in total. The average molecular weight is 434 g/mol. The highest BCUT2D eigenvalue weighted by Crippen LogP contribution is 2.46. The molecule has 3 N–H and O–H groups in total. The van der Waals surface area contributed by atoms with Gasteiger partial charge in [0, 0.05) is 0 Å². The molecule has 2 aromatic rings. The number of anilines is 1. The van der Waals surface area contributed by atoms with Crippen molar-refractivity contribution in [3.8, 4) is 23.0 Å². The van der Waals surface area contributed by atoms with E-state index in [-0.39, 0.29) is 28.9 Å². The molecule has 2 aliphatic heterocycles. The van der Waals surface area contributed by atoms with Crippen LogP contribution in [0.15, 0.2) is 15.3 Å². The Morgan fingerprint density at radius 3 is 2.64 bits per heavy atom. The van der Waals surface area contributed by atoms with Crippen LogP contribution >= 0.6 is 28.6 Å². The van der Waals surface area contributed by atoms with Crippen LogP contribution in [0.3, 0.4) is 0 Å². The largest absolute Gasteiger partial charge is 0.485 e. The smallest absolute Gasteiger partial charge is 0.437 e. The zero-order valence-corrected chi connectivity index (χ0v) is 15.8. The van der Waals surface area contributed by atoms with Gasteiger partial charge >= 0.3 is 5.76 Å². The predicted molar refractivity (Wildman–Crippen MR) is 98.1 cm³/mol. The normalized spacial score (nSPS) is 17.2. The number of fused-ring (bicyclic) bond motifs is 1. The molecule has 1 aromatic carbocycles. The summed E-state index contributed by atoms with van der Waals surface area (Å²) < 4.78 is 18.0. The van der Waals surface area contributed by atoms with Crippen molar-refractivity contribution in [3.05, 3.63) is 21.6 Å². The lowest BCUT2D eigenvalue weighted by atomic mass is 10.1. The van der Waals surface area contributed by atoms with Crippen LogP contribution in [0.4, 0.5) is 5.69 Å². The first-order chi connectivity index (χ1) is 11.6. The van der Waals surface area contributed by atoms with E-state index >= 15 is 0 Å². The van der Waals surface area contributed by atoms with Gasteiger partial charge in [-0.2, -0.15) is 4.68 Å². The van der Waals surface area contributed by atoms with Crippen LogP contribution in [0.25, 0.3) is 11.5 Å². The van der Waals surface area contributed by atoms with Crippen molar-refractivity contribution in [3.63, 3.8) is 0 Å². The zero-order chi connectivity index (χ0) is 16.7. The number of nitrogens with zero attached hydrogens (tertiary/aromatic N) is 2. The molecule has 136 valence electrons. The fourth-order valence-corrected chi connectivity index (χ4v) is 3.23. The number of benzene rings is 1. The molecule has 0 atom stereocenters. The second-order valence-corrected chi connectivity index (χ2v) is 6.18. The molecule has 0 bridgehead atoms. The van der Waals surface area contributed by atoms with Gasteiger partial charge < -0.3 is 24.9 Å². The van der Waals surface area contributed by atoms with Crippen LogP contribution in [-0.2, 0) is 0 Å². The molecule has 0 spiro atoms. The molecule has 1 aromatic heterocycles. The van der Waals surface area contributed by atoms with Crippen molar-refractivity contribution in [2.45, 2.75) is 18.9 Å². The second kappa shape index (κ2) is 7.27. The zero-order valence-electron chi connectivity index (χ0n) is 13.3. The molecule has 1 saturated heterocycles. The van der Waals surface area contributed by atoms with E-state index in [4.69, 9.17) is 31.2 Å². The molecular formula is C15H18BrClN4O4. The maximum Gasteiger partial charge on any atom is 0.437 e. The number of nitrogens with two attached hydrogens (primary N) is 1. The molecule has 0 amide bonds. The van der Waals surface area contributed by atoms with Crippen LogP contribution < -0.4 is 26.3 Å². The topological polar surface area (TPSA) is 105 Å². The molecular weight excluding hydrogens is 416 g/mol. The lowest BCUT2D eigenvalue weighted by molar-refractivity contribution is 0.173. The van der Waals surface area contributed by atoms with Crippen LogP contribution in [0.2, 0.25) is 5.02 Å². The van der Waals surface area contributed by atoms with Crippen LogP contribution in [0.1, 0.15) is 18.9 Å². The van der Waals surface area contributed by atoms with E-state index in [2.05, 4.69) is 10.4 Å². The van der Waals surface area contributed by atoms with Gasteiger partial charge in [-0.25, -0.2) is 4.79 Å². The standard InChI is InChI=1S/C15H17ClN4O4.BrH/c16-10-7-9(12-13(11(10)17)23-6-5-22-12)14-19-20(15(21)24-14)8-1-3-18-4-2-8;/h7-8,18H,1-6,17H2;1H. The first kappa shape index (κ1) is 18.1. The van der Waals surface area contributed by atoms with Gasteiger partial charge in [0.1, 0.15) is 13.2 Å². The first-order valence-electron chi connectivity index (χ1n) is 7.83. The SMILES string of the molecule is Br.Nc1c(Cl)cc(-c2nn(C3CCNCC3)c(=O)o2)c2c1OCCO2. The van der Waals surface area contributed by atoms with Crippen molar-refractivity contribution >= 4 is 34.3 Å². The lowest BCUT2D eigenvalue weighted by Gasteiger charge is -2.22. The number of rotatable bonds is 2. The van der Waals surface area contributed by atoms with Crippen molar-refractivity contribution in [2.75, 3.05) is 32.0 Å². The Bertz CT molecular complexity index is 832. The molecule has 25 heavy (non-hydrogen) atoms. The van der Waals surface area contributed by atoms with Gasteiger partial charge in [-0.3, -0.25) is 0 Å². The maximum atomic E-state index is 12.2. The minimum absolute atomic E-state index is 0. The van der Waals surface area contributed by atoms with Gasteiger partial charge in [-0.15, -0.1) is 22.1 Å². The summed E-state index contributed by atoms with van der Waals surface area (Å²) in [5.74, 6) is 0.433. The molecule has 2 aliphatic rings. The highest BCUT2D eigenvalue weighted by Gasteiger charge is 2.27. The summed E-state index contributed by atoms with van der Waals surface area (Å²) in [6, 6.07) is 1.61. The van der Waals surface area contributed by atoms with Gasteiger partial charge in [0.25, 0.3) is 5.89 Å². The third kappa shape index (κ3) is 3.23. The molecule has 0 radical (unpaired) electrons. The van der Waals surface area contributed by atoms with Crippen molar-refractivity contribution in [1.82, 2.24) is 15.1 Å². The second-order valence-electron chi connectivity index (χ2n) is 5.77. The number of hydrogen-bond donors (Lipinski definition) is 2. The third-order valence-electron chi connectivity index (χ3n) is 4.25. The van der Waals surface area contributed by atoms with E-state index in [1.807, 2.05) is 0 Å². The molecule has 10 heteroatoms. The predicted octanol–water partition coefficient (Wildman–Crippen LogP) is 2.01. The van der Waals surface area contributed by atoms with Gasteiger partial charge in [0.05, 0.1) is 22.3 Å². The Hall–Kier alpha value is -1.71. The van der Waals surface area contributed by atoms with E-state index < -0.39 is 5.76 Å². The van der Waals surface area contributed by atoms with Gasteiger partial charge in [-0.1, -0.05) is 11.6 Å². The number of hydrogen-bond acceptors (Lipinski definition) is 7. The monoisotopic (exact) mass is 432 g/mol. The van der Waals surface area contributed by atoms with Gasteiger partial charge in [0.15, 0.2) is 11.5 Å². The Morgan fingerprint density at radius 2 is 1.92 bits per heavy atom. The summed E-state index contributed by atoms with van der Waals surface area (Å²) in [6.45, 7) is 2.45. The van der Waals surface area contributed by atoms with Crippen LogP contribution in [-0.4, -0.2) is 36.1 Å². The summed E-state index contributed by atoms with van der Waals surface area (Å²) in [5.41, 5.74) is 6.71.